The van der Waals surface area contributed by atoms with Crippen LogP contribution in [0, 0.1) is 0 Å². The van der Waals surface area contributed by atoms with Crippen molar-refractivity contribution in [3.8, 4) is 0 Å². The van der Waals surface area contributed by atoms with Gasteiger partial charge in [-0.05, 0) is 25.8 Å². The number of hydrogen-bond acceptors (Lipinski definition) is 2. The molecular weight excluding hydrogens is 200 g/mol. The Morgan fingerprint density at radius 2 is 1.75 bits per heavy atom. The molecule has 90 valence electrons. The molecule has 0 N–H and O–H groups in total. The van der Waals surface area contributed by atoms with E-state index in [0.29, 0.717) is 0 Å². The van der Waals surface area contributed by atoms with Gasteiger partial charge in [0.25, 0.3) is 0 Å². The van der Waals surface area contributed by atoms with E-state index in [4.69, 9.17) is 0 Å². The van der Waals surface area contributed by atoms with E-state index in [-0.39, 0.29) is 5.91 Å². The summed E-state index contributed by atoms with van der Waals surface area (Å²) in [5.41, 5.74) is 0. The van der Waals surface area contributed by atoms with Gasteiger partial charge in [-0.3, -0.25) is 9.69 Å². The smallest absolute Gasteiger partial charge is 0.246 e. The minimum Gasteiger partial charge on any atom is -0.337 e. The van der Waals surface area contributed by atoms with Gasteiger partial charge in [0.1, 0.15) is 0 Å². The summed E-state index contributed by atoms with van der Waals surface area (Å²) in [6.07, 6.45) is 9.01. The lowest BCUT2D eigenvalue weighted by Crippen LogP contribution is -2.51. The molecule has 0 spiro atoms. The first kappa shape index (κ1) is 11.6. The fraction of sp³-hybridized carbons (Fsp3) is 0.769. The van der Waals surface area contributed by atoms with Crippen LogP contribution < -0.4 is 0 Å². The van der Waals surface area contributed by atoms with Gasteiger partial charge >= 0.3 is 0 Å². The first-order valence-corrected chi connectivity index (χ1v) is 6.47. The van der Waals surface area contributed by atoms with E-state index >= 15 is 0 Å². The van der Waals surface area contributed by atoms with Crippen LogP contribution >= 0.6 is 0 Å². The Bertz CT molecular complexity index is 261. The fourth-order valence-electron chi connectivity index (χ4n) is 2.82. The van der Waals surface area contributed by atoms with Crippen LogP contribution in [0.25, 0.3) is 0 Å². The summed E-state index contributed by atoms with van der Waals surface area (Å²) in [4.78, 5) is 16.2. The highest BCUT2D eigenvalue weighted by atomic mass is 16.2. The number of rotatable bonds is 2. The average Bonchev–Trinajstić information content (AvgIpc) is 2.83. The first-order valence-electron chi connectivity index (χ1n) is 6.47. The molecular formula is C13H22N2O. The third-order valence-corrected chi connectivity index (χ3v) is 3.78. The Morgan fingerprint density at radius 3 is 2.31 bits per heavy atom. The molecule has 0 bridgehead atoms. The summed E-state index contributed by atoms with van der Waals surface area (Å²) in [6, 6.07) is 0.805. The lowest BCUT2D eigenvalue weighted by atomic mass is 10.2. The van der Waals surface area contributed by atoms with Gasteiger partial charge in [0, 0.05) is 32.2 Å². The molecule has 3 nitrogen and oxygen atoms in total. The molecule has 0 unspecified atom stereocenters. The van der Waals surface area contributed by atoms with Crippen LogP contribution in [0.4, 0.5) is 0 Å². The minimum absolute atomic E-state index is 0.175. The molecule has 2 fully saturated rings. The molecule has 3 heteroatoms. The molecule has 1 amide bonds. The summed E-state index contributed by atoms with van der Waals surface area (Å²) in [5, 5.41) is 0. The normalized spacial score (nSPS) is 24.4. The van der Waals surface area contributed by atoms with E-state index in [0.717, 1.165) is 32.2 Å². The van der Waals surface area contributed by atoms with E-state index in [1.165, 1.54) is 25.7 Å². The zero-order valence-electron chi connectivity index (χ0n) is 10.2. The van der Waals surface area contributed by atoms with Crippen molar-refractivity contribution in [2.24, 2.45) is 0 Å². The molecule has 1 aliphatic heterocycles. The molecule has 2 aliphatic rings. The molecule has 0 radical (unpaired) electrons. The van der Waals surface area contributed by atoms with Crippen molar-refractivity contribution in [3.05, 3.63) is 12.2 Å². The van der Waals surface area contributed by atoms with Gasteiger partial charge in [-0.1, -0.05) is 18.9 Å². The molecule has 16 heavy (non-hydrogen) atoms. The molecule has 1 saturated heterocycles. The Balaban J connectivity index is 1.79. The van der Waals surface area contributed by atoms with Gasteiger partial charge in [-0.25, -0.2) is 0 Å². The van der Waals surface area contributed by atoms with Crippen molar-refractivity contribution < 1.29 is 4.79 Å². The van der Waals surface area contributed by atoms with Crippen molar-refractivity contribution in [2.75, 3.05) is 26.2 Å². The number of nitrogens with zero attached hydrogens (tertiary/aromatic N) is 2. The Kier molecular flexibility index (Phi) is 3.99. The van der Waals surface area contributed by atoms with Crippen LogP contribution in [-0.2, 0) is 4.79 Å². The summed E-state index contributed by atoms with van der Waals surface area (Å²) < 4.78 is 0. The third-order valence-electron chi connectivity index (χ3n) is 3.78. The molecule has 2 rings (SSSR count). The van der Waals surface area contributed by atoms with E-state index in [1.54, 1.807) is 6.08 Å². The van der Waals surface area contributed by atoms with E-state index in [1.807, 2.05) is 17.9 Å². The highest BCUT2D eigenvalue weighted by Gasteiger charge is 2.26. The van der Waals surface area contributed by atoms with E-state index in [2.05, 4.69) is 4.90 Å². The molecule has 1 saturated carbocycles. The number of carbonyl (C=O) groups excluding carboxylic acids is 1. The largest absolute Gasteiger partial charge is 0.337 e. The Hall–Kier alpha value is -0.830. The van der Waals surface area contributed by atoms with Crippen LogP contribution in [0.2, 0.25) is 0 Å². The van der Waals surface area contributed by atoms with Crippen molar-refractivity contribution in [1.82, 2.24) is 9.80 Å². The fourth-order valence-corrected chi connectivity index (χ4v) is 2.82. The minimum atomic E-state index is 0.175. The van der Waals surface area contributed by atoms with Gasteiger partial charge in [-0.2, -0.15) is 0 Å². The maximum atomic E-state index is 11.6. The number of piperazine rings is 1. The van der Waals surface area contributed by atoms with Gasteiger partial charge in [0.05, 0.1) is 0 Å². The zero-order chi connectivity index (χ0) is 11.4. The Morgan fingerprint density at radius 1 is 1.12 bits per heavy atom. The van der Waals surface area contributed by atoms with Gasteiger partial charge in [0.15, 0.2) is 0 Å². The third kappa shape index (κ3) is 2.64. The summed E-state index contributed by atoms with van der Waals surface area (Å²) >= 11 is 0. The second-order valence-corrected chi connectivity index (χ2v) is 4.80. The van der Waals surface area contributed by atoms with E-state index in [9.17, 15) is 4.79 Å². The number of allylic oxidation sites excluding steroid dienone is 1. The second-order valence-electron chi connectivity index (χ2n) is 4.80. The summed E-state index contributed by atoms with van der Waals surface area (Å²) in [5.74, 6) is 0.175. The maximum absolute atomic E-state index is 11.6. The highest BCUT2D eigenvalue weighted by Crippen LogP contribution is 2.24. The molecule has 0 aromatic heterocycles. The van der Waals surface area contributed by atoms with E-state index < -0.39 is 0 Å². The van der Waals surface area contributed by atoms with Crippen molar-refractivity contribution in [3.63, 3.8) is 0 Å². The predicted octanol–water partition coefficient (Wildman–Crippen LogP) is 1.65. The van der Waals surface area contributed by atoms with Crippen LogP contribution in [-0.4, -0.2) is 47.9 Å². The first-order chi connectivity index (χ1) is 7.81. The molecule has 1 heterocycles. The van der Waals surface area contributed by atoms with Gasteiger partial charge < -0.3 is 4.90 Å². The number of hydrogen-bond donors (Lipinski definition) is 0. The topological polar surface area (TPSA) is 23.6 Å². The zero-order valence-corrected chi connectivity index (χ0v) is 10.2. The van der Waals surface area contributed by atoms with Crippen LogP contribution in [0.1, 0.15) is 32.6 Å². The van der Waals surface area contributed by atoms with Gasteiger partial charge in [0.2, 0.25) is 5.91 Å². The van der Waals surface area contributed by atoms with Crippen LogP contribution in [0.3, 0.4) is 0 Å². The molecule has 1 aliphatic carbocycles. The number of carbonyl (C=O) groups is 1. The van der Waals surface area contributed by atoms with Gasteiger partial charge in [-0.15, -0.1) is 0 Å². The van der Waals surface area contributed by atoms with Crippen molar-refractivity contribution in [1.29, 1.82) is 0 Å². The average molecular weight is 222 g/mol. The number of amides is 1. The van der Waals surface area contributed by atoms with Crippen LogP contribution in [0.15, 0.2) is 12.2 Å². The SMILES string of the molecule is CC=CC(=O)N1CCN(C2CCCC2)CC1. The molecule has 0 aromatic rings. The monoisotopic (exact) mass is 222 g/mol. The second kappa shape index (κ2) is 5.48. The summed E-state index contributed by atoms with van der Waals surface area (Å²) in [7, 11) is 0. The summed E-state index contributed by atoms with van der Waals surface area (Å²) in [6.45, 7) is 5.83. The maximum Gasteiger partial charge on any atom is 0.246 e. The quantitative estimate of drug-likeness (QED) is 0.663. The molecule has 0 aromatic carbocycles. The highest BCUT2D eigenvalue weighted by molar-refractivity contribution is 5.87. The van der Waals surface area contributed by atoms with Crippen molar-refractivity contribution >= 4 is 5.91 Å². The Labute approximate surface area is 98.1 Å². The molecule has 0 atom stereocenters. The lowest BCUT2D eigenvalue weighted by molar-refractivity contribution is -0.128. The standard InChI is InChI=1S/C13H22N2O/c1-2-5-13(16)15-10-8-14(9-11-15)12-6-3-4-7-12/h2,5,12H,3-4,6-11H2,1H3. The van der Waals surface area contributed by atoms with Crippen molar-refractivity contribution in [2.45, 2.75) is 38.6 Å². The van der Waals surface area contributed by atoms with Crippen LogP contribution in [0.5, 0.6) is 0 Å². The predicted molar refractivity (Wildman–Crippen MR) is 65.2 cm³/mol. The lowest BCUT2D eigenvalue weighted by Gasteiger charge is -2.37.